The van der Waals surface area contributed by atoms with Crippen molar-refractivity contribution in [2.24, 2.45) is 0 Å². The second-order valence-electron chi connectivity index (χ2n) is 4.71. The molecule has 18 heavy (non-hydrogen) atoms. The second-order valence-corrected chi connectivity index (χ2v) is 6.09. The van der Waals surface area contributed by atoms with Gasteiger partial charge in [0.2, 0.25) is 5.91 Å². The average molecular weight is 286 g/mol. The number of hydrogen-bond acceptors (Lipinski definition) is 2. The number of halogens is 1. The quantitative estimate of drug-likeness (QED) is 0.592. The summed E-state index contributed by atoms with van der Waals surface area (Å²) in [6, 6.07) is 2.48. The van der Waals surface area contributed by atoms with Crippen molar-refractivity contribution >= 4 is 28.8 Å². The van der Waals surface area contributed by atoms with Crippen LogP contribution in [0.5, 0.6) is 0 Å². The molecule has 0 aliphatic carbocycles. The van der Waals surface area contributed by atoms with E-state index in [-0.39, 0.29) is 0 Å². The summed E-state index contributed by atoms with van der Waals surface area (Å²) < 4.78 is 0. The zero-order valence-electron chi connectivity index (χ0n) is 10.8. The number of alkyl halides is 1. The molecule has 0 aromatic carbocycles. The van der Waals surface area contributed by atoms with Gasteiger partial charge in [0.1, 0.15) is 0 Å². The maximum absolute atomic E-state index is 12.3. The first-order valence-electron chi connectivity index (χ1n) is 6.69. The van der Waals surface area contributed by atoms with Crippen LogP contribution >= 0.6 is 22.9 Å². The summed E-state index contributed by atoms with van der Waals surface area (Å²) in [5.41, 5.74) is 1.37. The predicted molar refractivity (Wildman–Crippen MR) is 77.3 cm³/mol. The molecule has 1 amide bonds. The van der Waals surface area contributed by atoms with Crippen LogP contribution in [0.25, 0.3) is 0 Å². The summed E-state index contributed by atoms with van der Waals surface area (Å²) in [5, 5.41) is 2.15. The van der Waals surface area contributed by atoms with Crippen LogP contribution in [-0.4, -0.2) is 23.2 Å². The average Bonchev–Trinajstić information content (AvgIpc) is 2.85. The van der Waals surface area contributed by atoms with Gasteiger partial charge in [-0.1, -0.05) is 6.92 Å². The smallest absolute Gasteiger partial charge is 0.223 e. The van der Waals surface area contributed by atoms with E-state index in [9.17, 15) is 4.79 Å². The Morgan fingerprint density at radius 3 is 3.11 bits per heavy atom. The molecule has 4 heteroatoms. The van der Waals surface area contributed by atoms with Crippen molar-refractivity contribution in [3.63, 3.8) is 0 Å². The van der Waals surface area contributed by atoms with Gasteiger partial charge in [-0.25, -0.2) is 0 Å². The van der Waals surface area contributed by atoms with Crippen LogP contribution in [0.4, 0.5) is 0 Å². The van der Waals surface area contributed by atoms with Gasteiger partial charge in [-0.15, -0.1) is 22.9 Å². The van der Waals surface area contributed by atoms with Gasteiger partial charge in [0, 0.05) is 23.7 Å². The van der Waals surface area contributed by atoms with Crippen LogP contribution < -0.4 is 0 Å². The summed E-state index contributed by atoms with van der Waals surface area (Å²) in [5.74, 6) is 0.947. The molecule has 1 aromatic heterocycles. The standard InChI is InChI=1S/C14H20ClNOS/c1-2-12-11-7-10-18-13(11)6-9-16(12)14(17)5-3-4-8-15/h7,10,12H,2-6,8-9H2,1H3. The highest BCUT2D eigenvalue weighted by Gasteiger charge is 2.29. The Morgan fingerprint density at radius 1 is 1.56 bits per heavy atom. The number of fused-ring (bicyclic) bond motifs is 1. The minimum absolute atomic E-state index is 0.295. The minimum atomic E-state index is 0.295. The Bertz CT molecular complexity index is 404. The van der Waals surface area contributed by atoms with Gasteiger partial charge in [-0.05, 0) is 42.7 Å². The van der Waals surface area contributed by atoms with Gasteiger partial charge >= 0.3 is 0 Å². The molecule has 2 heterocycles. The molecule has 0 spiro atoms. The molecule has 1 aliphatic heterocycles. The van der Waals surface area contributed by atoms with E-state index in [4.69, 9.17) is 11.6 Å². The molecule has 100 valence electrons. The number of unbranched alkanes of at least 4 members (excludes halogenated alkanes) is 1. The SMILES string of the molecule is CCC1c2ccsc2CCN1C(=O)CCCCCl. The van der Waals surface area contributed by atoms with Gasteiger partial charge in [0.25, 0.3) is 0 Å². The van der Waals surface area contributed by atoms with Crippen LogP contribution in [0, 0.1) is 0 Å². The van der Waals surface area contributed by atoms with Gasteiger partial charge in [-0.2, -0.15) is 0 Å². The summed E-state index contributed by atoms with van der Waals surface area (Å²) in [7, 11) is 0. The van der Waals surface area contributed by atoms with Crippen molar-refractivity contribution < 1.29 is 4.79 Å². The molecule has 0 fully saturated rings. The van der Waals surface area contributed by atoms with Crippen LogP contribution in [0.2, 0.25) is 0 Å². The molecular weight excluding hydrogens is 266 g/mol. The topological polar surface area (TPSA) is 20.3 Å². The second kappa shape index (κ2) is 6.58. The Labute approximate surface area is 118 Å². The molecule has 2 nitrogen and oxygen atoms in total. The highest BCUT2D eigenvalue weighted by atomic mass is 35.5. The van der Waals surface area contributed by atoms with E-state index < -0.39 is 0 Å². The molecule has 0 N–H and O–H groups in total. The summed E-state index contributed by atoms with van der Waals surface area (Å²) in [4.78, 5) is 15.8. The van der Waals surface area contributed by atoms with Gasteiger partial charge in [0.05, 0.1) is 6.04 Å². The number of rotatable bonds is 5. The fourth-order valence-corrected chi connectivity index (χ4v) is 3.77. The fraction of sp³-hybridized carbons (Fsp3) is 0.643. The van der Waals surface area contributed by atoms with Crippen LogP contribution in [0.15, 0.2) is 11.4 Å². The van der Waals surface area contributed by atoms with Gasteiger partial charge in [-0.3, -0.25) is 4.79 Å². The van der Waals surface area contributed by atoms with Crippen molar-refractivity contribution in [2.45, 2.75) is 45.1 Å². The molecule has 0 bridgehead atoms. The first-order valence-corrected chi connectivity index (χ1v) is 8.11. The molecule has 2 rings (SSSR count). The molecule has 1 aromatic rings. The molecule has 1 atom stereocenters. The molecule has 0 saturated carbocycles. The Balaban J connectivity index is 2.03. The number of hydrogen-bond donors (Lipinski definition) is 0. The maximum atomic E-state index is 12.3. The van der Waals surface area contributed by atoms with Crippen molar-refractivity contribution in [3.8, 4) is 0 Å². The molecule has 1 aliphatic rings. The van der Waals surface area contributed by atoms with Gasteiger partial charge in [0.15, 0.2) is 0 Å². The number of nitrogens with zero attached hydrogens (tertiary/aromatic N) is 1. The first kappa shape index (κ1) is 13.9. The van der Waals surface area contributed by atoms with Crippen LogP contribution in [-0.2, 0) is 11.2 Å². The van der Waals surface area contributed by atoms with Crippen molar-refractivity contribution in [3.05, 3.63) is 21.9 Å². The highest BCUT2D eigenvalue weighted by molar-refractivity contribution is 7.10. The predicted octanol–water partition coefficient (Wildman–Crippen LogP) is 3.99. The van der Waals surface area contributed by atoms with Crippen LogP contribution in [0.1, 0.15) is 49.1 Å². The van der Waals surface area contributed by atoms with E-state index in [0.29, 0.717) is 24.2 Å². The lowest BCUT2D eigenvalue weighted by Gasteiger charge is -2.35. The third kappa shape index (κ3) is 2.89. The van der Waals surface area contributed by atoms with E-state index in [0.717, 1.165) is 32.2 Å². The maximum Gasteiger partial charge on any atom is 0.223 e. The number of amides is 1. The largest absolute Gasteiger partial charge is 0.335 e. The van der Waals surface area contributed by atoms with Crippen molar-refractivity contribution in [2.75, 3.05) is 12.4 Å². The van der Waals surface area contributed by atoms with Crippen LogP contribution in [0.3, 0.4) is 0 Å². The van der Waals surface area contributed by atoms with E-state index in [1.165, 1.54) is 10.4 Å². The van der Waals surface area contributed by atoms with Crippen molar-refractivity contribution in [1.82, 2.24) is 4.90 Å². The van der Waals surface area contributed by atoms with Crippen molar-refractivity contribution in [1.29, 1.82) is 0 Å². The Morgan fingerprint density at radius 2 is 2.39 bits per heavy atom. The molecular formula is C14H20ClNOS. The van der Waals surface area contributed by atoms with E-state index in [2.05, 4.69) is 23.3 Å². The summed E-state index contributed by atoms with van der Waals surface area (Å²) in [6.07, 6.45) is 4.51. The lowest BCUT2D eigenvalue weighted by molar-refractivity contribution is -0.134. The monoisotopic (exact) mass is 285 g/mol. The first-order chi connectivity index (χ1) is 8.77. The third-order valence-electron chi connectivity index (χ3n) is 3.58. The fourth-order valence-electron chi connectivity index (χ4n) is 2.65. The highest BCUT2D eigenvalue weighted by Crippen LogP contribution is 2.35. The zero-order chi connectivity index (χ0) is 13.0. The zero-order valence-corrected chi connectivity index (χ0v) is 12.4. The Kier molecular flexibility index (Phi) is 5.07. The van der Waals surface area contributed by atoms with E-state index >= 15 is 0 Å². The van der Waals surface area contributed by atoms with Gasteiger partial charge < -0.3 is 4.90 Å². The lowest BCUT2D eigenvalue weighted by Crippen LogP contribution is -2.39. The van der Waals surface area contributed by atoms with E-state index in [1.54, 1.807) is 0 Å². The van der Waals surface area contributed by atoms with E-state index in [1.807, 2.05) is 11.3 Å². The molecule has 0 saturated heterocycles. The Hall–Kier alpha value is -0.540. The minimum Gasteiger partial charge on any atom is -0.335 e. The normalized spacial score (nSPS) is 18.8. The lowest BCUT2D eigenvalue weighted by atomic mass is 9.97. The molecule has 1 unspecified atom stereocenters. The third-order valence-corrected chi connectivity index (χ3v) is 4.84. The number of thiophene rings is 1. The number of carbonyl (C=O) groups is 1. The summed E-state index contributed by atoms with van der Waals surface area (Å²) in [6.45, 7) is 3.04. The molecule has 0 radical (unpaired) electrons. The summed E-state index contributed by atoms with van der Waals surface area (Å²) >= 11 is 7.48. The number of carbonyl (C=O) groups excluding carboxylic acids is 1.